The Morgan fingerprint density at radius 1 is 0.375 bits per heavy atom. The second kappa shape index (κ2) is 12.7. The Balaban J connectivity index is 0.000000205. The van der Waals surface area contributed by atoms with Crippen molar-refractivity contribution >= 4 is 0 Å². The Hall–Kier alpha value is -0.365. The van der Waals surface area contributed by atoms with Crippen molar-refractivity contribution in [3.05, 3.63) is 72.9 Å². The molecule has 1 heteroatoms. The van der Waals surface area contributed by atoms with Gasteiger partial charge in [0.2, 0.25) is 0 Å². The molecule has 0 nitrogen and oxygen atoms in total. The summed E-state index contributed by atoms with van der Waals surface area (Å²) in [5.74, 6) is 0. The Bertz CT molecular complexity index is 232. The van der Waals surface area contributed by atoms with E-state index in [1.54, 1.807) is 0 Å². The quantitative estimate of drug-likeness (QED) is 0.610. The van der Waals surface area contributed by atoms with Crippen molar-refractivity contribution in [2.24, 2.45) is 0 Å². The molecule has 0 atom stereocenters. The van der Waals surface area contributed by atoms with E-state index >= 15 is 0 Å². The fourth-order valence-corrected chi connectivity index (χ4v) is 1.18. The Morgan fingerprint density at radius 3 is 0.625 bits per heavy atom. The molecule has 0 fully saturated rings. The van der Waals surface area contributed by atoms with E-state index in [2.05, 4.69) is 72.9 Å². The van der Waals surface area contributed by atoms with Crippen LogP contribution in [0.1, 0.15) is 19.3 Å². The fourth-order valence-electron chi connectivity index (χ4n) is 1.18. The maximum Gasteiger partial charge on any atom is 0 e. The summed E-state index contributed by atoms with van der Waals surface area (Å²) in [6.45, 7) is 0. The van der Waals surface area contributed by atoms with Crippen LogP contribution in [-0.4, -0.2) is 0 Å². The second-order valence-electron chi connectivity index (χ2n) is 3.28. The summed E-state index contributed by atoms with van der Waals surface area (Å²) in [5, 5.41) is 0. The summed E-state index contributed by atoms with van der Waals surface area (Å²) in [6.07, 6.45) is 28.5. The van der Waals surface area contributed by atoms with Crippen molar-refractivity contribution in [2.75, 3.05) is 0 Å². The van der Waals surface area contributed by atoms with E-state index in [1.165, 1.54) is 0 Å². The first-order chi connectivity index (χ1) is 7.50. The molecule has 0 unspecified atom stereocenters. The van der Waals surface area contributed by atoms with Gasteiger partial charge in [-0.1, -0.05) is 72.9 Å². The maximum atomic E-state index is 2.12. The van der Waals surface area contributed by atoms with Crippen LogP contribution in [0.25, 0.3) is 0 Å². The van der Waals surface area contributed by atoms with Crippen LogP contribution >= 0.6 is 0 Å². The number of hydrogen-bond donors (Lipinski definition) is 0. The molecule has 0 saturated carbocycles. The van der Waals surface area contributed by atoms with Gasteiger partial charge in [-0.3, -0.25) is 0 Å². The molecule has 0 amide bonds. The van der Waals surface area contributed by atoms with Gasteiger partial charge in [0.1, 0.15) is 0 Å². The smallest absolute Gasteiger partial charge is 0 e. The molecule has 0 aromatic carbocycles. The van der Waals surface area contributed by atoms with Gasteiger partial charge in [-0.25, -0.2) is 0 Å². The molecule has 0 heterocycles. The normalized spacial score (nSPS) is 16.5. The average molecular weight is 337 g/mol. The predicted molar refractivity (Wildman–Crippen MR) is 68.7 cm³/mol. The third-order valence-electron chi connectivity index (χ3n) is 1.97. The van der Waals surface area contributed by atoms with Crippen LogP contribution in [0.2, 0.25) is 0 Å². The molecular formula is C15H18La. The van der Waals surface area contributed by atoms with Crippen LogP contribution in [0.4, 0.5) is 0 Å². The van der Waals surface area contributed by atoms with Crippen LogP contribution in [0.3, 0.4) is 0 Å². The van der Waals surface area contributed by atoms with Crippen molar-refractivity contribution in [1.82, 2.24) is 0 Å². The minimum atomic E-state index is 0. The van der Waals surface area contributed by atoms with Crippen molar-refractivity contribution < 1.29 is 35.6 Å². The largest absolute Gasteiger partial charge is 0.0808 e. The van der Waals surface area contributed by atoms with Crippen LogP contribution in [0.15, 0.2) is 72.9 Å². The molecule has 0 aromatic rings. The van der Waals surface area contributed by atoms with Gasteiger partial charge >= 0.3 is 0 Å². The molecule has 0 aromatic heterocycles. The Labute approximate surface area is 127 Å². The molecule has 16 heavy (non-hydrogen) atoms. The van der Waals surface area contributed by atoms with Crippen molar-refractivity contribution in [3.8, 4) is 0 Å². The van der Waals surface area contributed by atoms with Crippen molar-refractivity contribution in [3.63, 3.8) is 0 Å². The zero-order chi connectivity index (χ0) is 10.6. The first-order valence-corrected chi connectivity index (χ1v) is 5.45. The standard InChI is InChI=1S/3C5H6.La/c3*1-2-4-5-3-1;/h3*1-4H,5H2;. The SMILES string of the molecule is C1=CCC=C1.C1=CCC=C1.C1=CCC=C1.[La]. The predicted octanol–water partition coefficient (Wildman–Crippen LogP) is 4.51. The number of allylic oxidation sites excluding steroid dienone is 12. The van der Waals surface area contributed by atoms with E-state index in [0.717, 1.165) is 19.3 Å². The summed E-state index contributed by atoms with van der Waals surface area (Å²) >= 11 is 0. The van der Waals surface area contributed by atoms with Crippen LogP contribution in [-0.2, 0) is 0 Å². The third kappa shape index (κ3) is 10.2. The number of rotatable bonds is 0. The van der Waals surface area contributed by atoms with Crippen LogP contribution < -0.4 is 0 Å². The monoisotopic (exact) mass is 337 g/mol. The minimum absolute atomic E-state index is 0. The summed E-state index contributed by atoms with van der Waals surface area (Å²) in [6, 6.07) is 0. The van der Waals surface area contributed by atoms with E-state index in [0.29, 0.717) is 0 Å². The minimum Gasteiger partial charge on any atom is -0.0808 e. The molecule has 3 aliphatic carbocycles. The second-order valence-corrected chi connectivity index (χ2v) is 3.28. The Morgan fingerprint density at radius 2 is 0.562 bits per heavy atom. The van der Waals surface area contributed by atoms with E-state index in [-0.39, 0.29) is 35.6 Å². The van der Waals surface area contributed by atoms with Gasteiger partial charge in [0.25, 0.3) is 0 Å². The summed E-state index contributed by atoms with van der Waals surface area (Å²) < 4.78 is 0. The molecule has 0 spiro atoms. The third-order valence-corrected chi connectivity index (χ3v) is 1.97. The first-order valence-electron chi connectivity index (χ1n) is 5.45. The van der Waals surface area contributed by atoms with Gasteiger partial charge < -0.3 is 0 Å². The molecule has 0 N–H and O–H groups in total. The fraction of sp³-hybridized carbons (Fsp3) is 0.200. The zero-order valence-corrected chi connectivity index (χ0v) is 13.3. The molecule has 3 rings (SSSR count). The topological polar surface area (TPSA) is 0 Å². The summed E-state index contributed by atoms with van der Waals surface area (Å²) in [4.78, 5) is 0. The van der Waals surface area contributed by atoms with E-state index in [4.69, 9.17) is 0 Å². The molecule has 81 valence electrons. The van der Waals surface area contributed by atoms with Gasteiger partial charge in [-0.15, -0.1) is 0 Å². The summed E-state index contributed by atoms with van der Waals surface area (Å²) in [5.41, 5.74) is 0. The van der Waals surface area contributed by atoms with Gasteiger partial charge in [0.05, 0.1) is 0 Å². The zero-order valence-electron chi connectivity index (χ0n) is 9.63. The van der Waals surface area contributed by atoms with Crippen molar-refractivity contribution in [2.45, 2.75) is 19.3 Å². The van der Waals surface area contributed by atoms with E-state index < -0.39 is 0 Å². The maximum absolute atomic E-state index is 2.12. The van der Waals surface area contributed by atoms with E-state index in [1.807, 2.05) is 0 Å². The molecule has 0 bridgehead atoms. The molecule has 1 radical (unpaired) electrons. The van der Waals surface area contributed by atoms with Gasteiger partial charge in [-0.2, -0.15) is 0 Å². The summed E-state index contributed by atoms with van der Waals surface area (Å²) in [7, 11) is 0. The van der Waals surface area contributed by atoms with E-state index in [9.17, 15) is 0 Å². The van der Waals surface area contributed by atoms with Gasteiger partial charge in [0, 0.05) is 35.6 Å². The molecule has 0 aliphatic heterocycles. The molecular weight excluding hydrogens is 319 g/mol. The molecule has 0 saturated heterocycles. The van der Waals surface area contributed by atoms with Gasteiger partial charge in [0.15, 0.2) is 0 Å². The first kappa shape index (κ1) is 15.6. The van der Waals surface area contributed by atoms with Crippen molar-refractivity contribution in [1.29, 1.82) is 0 Å². The average Bonchev–Trinajstić information content (AvgIpc) is 3.09. The van der Waals surface area contributed by atoms with Crippen LogP contribution in [0.5, 0.6) is 0 Å². The number of hydrogen-bond acceptors (Lipinski definition) is 0. The molecule has 3 aliphatic rings. The van der Waals surface area contributed by atoms with Gasteiger partial charge in [-0.05, 0) is 19.3 Å². The Kier molecular flexibility index (Phi) is 12.4. The van der Waals surface area contributed by atoms with Crippen LogP contribution in [0, 0.1) is 35.6 Å².